The SMILES string of the molecule is Cc1cc(C)nc(NN2C(=O)C(=Cc3ccc(N(C)C)cc3)SC2=S)n1. The van der Waals surface area contributed by atoms with E-state index in [1.54, 1.807) is 0 Å². The first kappa shape index (κ1) is 18.3. The number of carbonyl (C=O) groups is 1. The zero-order valence-electron chi connectivity index (χ0n) is 15.0. The van der Waals surface area contributed by atoms with Gasteiger partial charge in [0.25, 0.3) is 5.91 Å². The maximum absolute atomic E-state index is 12.7. The third kappa shape index (κ3) is 4.03. The van der Waals surface area contributed by atoms with Crippen molar-refractivity contribution in [2.45, 2.75) is 13.8 Å². The Bertz CT molecular complexity index is 873. The van der Waals surface area contributed by atoms with E-state index in [0.29, 0.717) is 15.2 Å². The monoisotopic (exact) mass is 385 g/mol. The quantitative estimate of drug-likeness (QED) is 0.639. The summed E-state index contributed by atoms with van der Waals surface area (Å²) in [6.45, 7) is 3.75. The lowest BCUT2D eigenvalue weighted by molar-refractivity contribution is -0.121. The van der Waals surface area contributed by atoms with Crippen molar-refractivity contribution in [3.8, 4) is 0 Å². The van der Waals surface area contributed by atoms with Gasteiger partial charge in [-0.25, -0.2) is 9.97 Å². The summed E-state index contributed by atoms with van der Waals surface area (Å²) < 4.78 is 0.425. The van der Waals surface area contributed by atoms with E-state index >= 15 is 0 Å². The Balaban J connectivity index is 1.79. The number of hydrogen-bond acceptors (Lipinski definition) is 7. The summed E-state index contributed by atoms with van der Waals surface area (Å²) in [4.78, 5) is 23.9. The number of hydrogen-bond donors (Lipinski definition) is 1. The number of amides is 1. The minimum Gasteiger partial charge on any atom is -0.378 e. The number of aromatic nitrogens is 2. The van der Waals surface area contributed by atoms with Gasteiger partial charge in [0, 0.05) is 31.2 Å². The molecule has 2 aromatic rings. The van der Waals surface area contributed by atoms with Crippen LogP contribution in [0.2, 0.25) is 0 Å². The molecule has 1 fully saturated rings. The lowest BCUT2D eigenvalue weighted by Gasteiger charge is -2.16. The van der Waals surface area contributed by atoms with Gasteiger partial charge in [0.1, 0.15) is 0 Å². The summed E-state index contributed by atoms with van der Waals surface area (Å²) in [5.41, 5.74) is 6.60. The maximum atomic E-state index is 12.7. The molecule has 6 nitrogen and oxygen atoms in total. The molecule has 0 radical (unpaired) electrons. The van der Waals surface area contributed by atoms with Crippen molar-refractivity contribution in [2.24, 2.45) is 0 Å². The molecule has 3 rings (SSSR count). The van der Waals surface area contributed by atoms with Crippen LogP contribution in [0.25, 0.3) is 6.08 Å². The number of hydrazine groups is 1. The van der Waals surface area contributed by atoms with Gasteiger partial charge in [-0.05, 0) is 55.9 Å². The zero-order chi connectivity index (χ0) is 18.8. The van der Waals surface area contributed by atoms with Gasteiger partial charge >= 0.3 is 0 Å². The molecular weight excluding hydrogens is 366 g/mol. The molecule has 1 aliphatic heterocycles. The fourth-order valence-corrected chi connectivity index (χ4v) is 3.64. The van der Waals surface area contributed by atoms with Crippen LogP contribution < -0.4 is 10.3 Å². The number of nitrogens with zero attached hydrogens (tertiary/aromatic N) is 4. The largest absolute Gasteiger partial charge is 0.378 e. The van der Waals surface area contributed by atoms with E-state index in [1.165, 1.54) is 16.8 Å². The Labute approximate surface area is 162 Å². The highest BCUT2D eigenvalue weighted by molar-refractivity contribution is 8.26. The standard InChI is InChI=1S/C18H19N5OS2/c1-11-9-12(2)20-17(19-11)21-23-16(24)15(26-18(23)25)10-13-5-7-14(8-6-13)22(3)4/h5-10H,1-4H3,(H,19,20,21). The van der Waals surface area contributed by atoms with E-state index in [9.17, 15) is 4.79 Å². The molecular formula is C18H19N5OS2. The number of thiocarbonyl (C=S) groups is 1. The second-order valence-corrected chi connectivity index (χ2v) is 7.76. The van der Waals surface area contributed by atoms with Crippen molar-refractivity contribution in [2.75, 3.05) is 24.4 Å². The third-order valence-electron chi connectivity index (χ3n) is 3.70. The number of aryl methyl sites for hydroxylation is 2. The smallest absolute Gasteiger partial charge is 0.285 e. The van der Waals surface area contributed by atoms with Crippen molar-refractivity contribution in [1.29, 1.82) is 0 Å². The second-order valence-electron chi connectivity index (χ2n) is 6.09. The average molecular weight is 386 g/mol. The Hall–Kier alpha value is -2.45. The van der Waals surface area contributed by atoms with Gasteiger partial charge < -0.3 is 4.90 Å². The van der Waals surface area contributed by atoms with Crippen LogP contribution >= 0.6 is 24.0 Å². The highest BCUT2D eigenvalue weighted by Crippen LogP contribution is 2.32. The van der Waals surface area contributed by atoms with E-state index in [4.69, 9.17) is 12.2 Å². The van der Waals surface area contributed by atoms with Crippen LogP contribution in [0.4, 0.5) is 11.6 Å². The third-order valence-corrected chi connectivity index (χ3v) is 5.00. The van der Waals surface area contributed by atoms with Gasteiger partial charge in [-0.3, -0.25) is 10.2 Å². The molecule has 8 heteroatoms. The van der Waals surface area contributed by atoms with E-state index in [2.05, 4.69) is 15.4 Å². The Kier molecular flexibility index (Phi) is 5.24. The summed E-state index contributed by atoms with van der Waals surface area (Å²) in [5.74, 6) is 0.148. The van der Waals surface area contributed by atoms with Gasteiger partial charge in [0.05, 0.1) is 4.91 Å². The number of nitrogens with one attached hydrogen (secondary N) is 1. The van der Waals surface area contributed by atoms with Crippen LogP contribution in [0.1, 0.15) is 17.0 Å². The lowest BCUT2D eigenvalue weighted by Crippen LogP contribution is -2.34. The zero-order valence-corrected chi connectivity index (χ0v) is 16.6. The van der Waals surface area contributed by atoms with Gasteiger partial charge in [-0.15, -0.1) is 0 Å². The molecule has 1 N–H and O–H groups in total. The van der Waals surface area contributed by atoms with E-state index in [1.807, 2.05) is 69.3 Å². The minimum absolute atomic E-state index is 0.209. The first-order valence-electron chi connectivity index (χ1n) is 7.98. The molecule has 26 heavy (non-hydrogen) atoms. The van der Waals surface area contributed by atoms with Gasteiger partial charge in [-0.2, -0.15) is 5.01 Å². The van der Waals surface area contributed by atoms with Crippen LogP contribution in [0.5, 0.6) is 0 Å². The van der Waals surface area contributed by atoms with Crippen molar-refractivity contribution >= 4 is 51.9 Å². The molecule has 1 aromatic heterocycles. The first-order valence-corrected chi connectivity index (χ1v) is 9.20. The van der Waals surface area contributed by atoms with Gasteiger partial charge in [-0.1, -0.05) is 23.9 Å². The maximum Gasteiger partial charge on any atom is 0.285 e. The van der Waals surface area contributed by atoms with Crippen molar-refractivity contribution in [1.82, 2.24) is 15.0 Å². The number of rotatable bonds is 4. The van der Waals surface area contributed by atoms with E-state index < -0.39 is 0 Å². The fourth-order valence-electron chi connectivity index (χ4n) is 2.46. The molecule has 1 aliphatic rings. The summed E-state index contributed by atoms with van der Waals surface area (Å²) in [6.07, 6.45) is 1.84. The second kappa shape index (κ2) is 7.43. The Morgan fingerprint density at radius 1 is 1.15 bits per heavy atom. The average Bonchev–Trinajstić information content (AvgIpc) is 2.82. The molecule has 1 amide bonds. The van der Waals surface area contributed by atoms with Crippen LogP contribution in [-0.2, 0) is 4.79 Å². The van der Waals surface area contributed by atoms with Gasteiger partial charge in [0.15, 0.2) is 4.32 Å². The molecule has 1 aromatic carbocycles. The molecule has 0 bridgehead atoms. The van der Waals surface area contributed by atoms with Crippen molar-refractivity contribution < 1.29 is 4.79 Å². The fraction of sp³-hybridized carbons (Fsp3) is 0.222. The molecule has 134 valence electrons. The number of carbonyl (C=O) groups excluding carboxylic acids is 1. The highest BCUT2D eigenvalue weighted by atomic mass is 32.2. The van der Waals surface area contributed by atoms with E-state index in [-0.39, 0.29) is 5.91 Å². The normalized spacial score (nSPS) is 15.7. The van der Waals surface area contributed by atoms with Crippen molar-refractivity contribution in [3.63, 3.8) is 0 Å². The highest BCUT2D eigenvalue weighted by Gasteiger charge is 2.33. The summed E-state index contributed by atoms with van der Waals surface area (Å²) in [5, 5.41) is 1.31. The van der Waals surface area contributed by atoms with Gasteiger partial charge in [0.2, 0.25) is 5.95 Å². The number of anilines is 2. The Morgan fingerprint density at radius 2 is 1.77 bits per heavy atom. The predicted octanol–water partition coefficient (Wildman–Crippen LogP) is 3.39. The lowest BCUT2D eigenvalue weighted by atomic mass is 10.2. The van der Waals surface area contributed by atoms with E-state index in [0.717, 1.165) is 22.6 Å². The van der Waals surface area contributed by atoms with Crippen LogP contribution in [0.3, 0.4) is 0 Å². The topological polar surface area (TPSA) is 61.4 Å². The summed E-state index contributed by atoms with van der Waals surface area (Å²) in [7, 11) is 3.97. The predicted molar refractivity (Wildman–Crippen MR) is 111 cm³/mol. The number of thioether (sulfide) groups is 1. The molecule has 0 aliphatic carbocycles. The summed E-state index contributed by atoms with van der Waals surface area (Å²) in [6, 6.07) is 9.83. The number of benzene rings is 1. The molecule has 0 unspecified atom stereocenters. The molecule has 1 saturated heterocycles. The molecule has 0 spiro atoms. The minimum atomic E-state index is -0.209. The van der Waals surface area contributed by atoms with Crippen molar-refractivity contribution in [3.05, 3.63) is 52.2 Å². The molecule has 0 atom stereocenters. The van der Waals surface area contributed by atoms with Crippen LogP contribution in [-0.4, -0.2) is 39.3 Å². The first-order chi connectivity index (χ1) is 12.3. The van der Waals surface area contributed by atoms with Crippen LogP contribution in [0.15, 0.2) is 35.2 Å². The summed E-state index contributed by atoms with van der Waals surface area (Å²) >= 11 is 6.59. The molecule has 2 heterocycles. The Morgan fingerprint density at radius 3 is 2.35 bits per heavy atom. The van der Waals surface area contributed by atoms with Crippen LogP contribution in [0, 0.1) is 13.8 Å². The molecule has 0 saturated carbocycles.